The average molecular weight is 349 g/mol. The largest absolute Gasteiger partial charge is 0.382 e. The van der Waals surface area contributed by atoms with Crippen LogP contribution in [-0.2, 0) is 11.3 Å². The lowest BCUT2D eigenvalue weighted by atomic mass is 10.1. The highest BCUT2D eigenvalue weighted by atomic mass is 16.5. The van der Waals surface area contributed by atoms with Gasteiger partial charge in [0.15, 0.2) is 5.96 Å². The van der Waals surface area contributed by atoms with Crippen molar-refractivity contribution in [3.63, 3.8) is 0 Å². The van der Waals surface area contributed by atoms with Gasteiger partial charge in [-0.25, -0.2) is 0 Å². The van der Waals surface area contributed by atoms with Gasteiger partial charge in [-0.15, -0.1) is 0 Å². The Labute approximate surface area is 153 Å². The lowest BCUT2D eigenvalue weighted by molar-refractivity contribution is 0.143. The molecule has 5 nitrogen and oxygen atoms in total. The van der Waals surface area contributed by atoms with Crippen LogP contribution < -0.4 is 10.6 Å². The molecule has 1 aromatic carbocycles. The molecule has 2 N–H and O–H groups in total. The minimum Gasteiger partial charge on any atom is -0.382 e. The smallest absolute Gasteiger partial charge is 0.190 e. The summed E-state index contributed by atoms with van der Waals surface area (Å²) in [5, 5.41) is 6.76. The van der Waals surface area contributed by atoms with Crippen LogP contribution in [0.1, 0.15) is 38.7 Å². The van der Waals surface area contributed by atoms with E-state index in [1.54, 1.807) is 0 Å². The van der Waals surface area contributed by atoms with Crippen LogP contribution in [0, 0.1) is 0 Å². The Morgan fingerprint density at radius 2 is 1.88 bits per heavy atom. The predicted molar refractivity (Wildman–Crippen MR) is 107 cm³/mol. The number of rotatable bonds is 12. The van der Waals surface area contributed by atoms with E-state index in [4.69, 9.17) is 4.74 Å². The van der Waals surface area contributed by atoms with E-state index in [0.29, 0.717) is 6.04 Å². The molecule has 0 heterocycles. The molecular formula is C20H36N4O. The molecule has 0 saturated heterocycles. The second-order valence-electron chi connectivity index (χ2n) is 6.37. The molecule has 0 radical (unpaired) electrons. The highest BCUT2D eigenvalue weighted by Gasteiger charge is 2.09. The van der Waals surface area contributed by atoms with Crippen molar-refractivity contribution in [2.75, 3.05) is 40.4 Å². The van der Waals surface area contributed by atoms with Crippen LogP contribution in [0.5, 0.6) is 0 Å². The second-order valence-corrected chi connectivity index (χ2v) is 6.37. The summed E-state index contributed by atoms with van der Waals surface area (Å²) in [6.45, 7) is 8.77. The number of ether oxygens (including phenoxy) is 1. The molecule has 0 spiro atoms. The van der Waals surface area contributed by atoms with Crippen LogP contribution in [-0.4, -0.2) is 57.3 Å². The first-order valence-electron chi connectivity index (χ1n) is 9.43. The molecule has 0 fully saturated rings. The van der Waals surface area contributed by atoms with Gasteiger partial charge in [0.05, 0.1) is 0 Å². The van der Waals surface area contributed by atoms with Crippen molar-refractivity contribution >= 4 is 5.96 Å². The number of unbranched alkanes of at least 4 members (excludes halogenated alkanes) is 1. The van der Waals surface area contributed by atoms with Crippen molar-refractivity contribution in [2.45, 2.75) is 45.7 Å². The summed E-state index contributed by atoms with van der Waals surface area (Å²) in [4.78, 5) is 6.67. The van der Waals surface area contributed by atoms with Crippen LogP contribution in [0.3, 0.4) is 0 Å². The number of benzene rings is 1. The minimum absolute atomic E-state index is 0.511. The van der Waals surface area contributed by atoms with E-state index >= 15 is 0 Å². The first-order valence-corrected chi connectivity index (χ1v) is 9.43. The molecule has 1 aromatic rings. The molecule has 1 atom stereocenters. The Balaban J connectivity index is 2.16. The SMILES string of the molecule is CCOCCCCNC(=NC)NCCC(C)N(C)Cc1ccccc1. The van der Waals surface area contributed by atoms with Crippen molar-refractivity contribution in [1.29, 1.82) is 0 Å². The molecule has 0 saturated carbocycles. The van der Waals surface area contributed by atoms with Gasteiger partial charge in [0, 0.05) is 45.9 Å². The molecule has 0 amide bonds. The zero-order valence-corrected chi connectivity index (χ0v) is 16.4. The first kappa shape index (κ1) is 21.5. The quantitative estimate of drug-likeness (QED) is 0.346. The van der Waals surface area contributed by atoms with E-state index in [0.717, 1.165) is 58.1 Å². The van der Waals surface area contributed by atoms with Crippen molar-refractivity contribution in [3.05, 3.63) is 35.9 Å². The van der Waals surface area contributed by atoms with Crippen LogP contribution in [0.4, 0.5) is 0 Å². The van der Waals surface area contributed by atoms with Gasteiger partial charge in [0.25, 0.3) is 0 Å². The summed E-state index contributed by atoms with van der Waals surface area (Å²) in [7, 11) is 4.00. The summed E-state index contributed by atoms with van der Waals surface area (Å²) in [6, 6.07) is 11.1. The van der Waals surface area contributed by atoms with Crippen LogP contribution in [0.2, 0.25) is 0 Å². The number of guanidine groups is 1. The van der Waals surface area contributed by atoms with Crippen LogP contribution >= 0.6 is 0 Å². The molecule has 142 valence electrons. The summed E-state index contributed by atoms with van der Waals surface area (Å²) in [5.74, 6) is 0.884. The van der Waals surface area contributed by atoms with E-state index in [9.17, 15) is 0 Å². The maximum absolute atomic E-state index is 5.34. The Hall–Kier alpha value is -1.59. The molecular weight excluding hydrogens is 312 g/mol. The Bertz CT molecular complexity index is 464. The average Bonchev–Trinajstić information content (AvgIpc) is 2.63. The Morgan fingerprint density at radius 1 is 1.16 bits per heavy atom. The fourth-order valence-corrected chi connectivity index (χ4v) is 2.55. The lowest BCUT2D eigenvalue weighted by Crippen LogP contribution is -2.40. The number of nitrogens with zero attached hydrogens (tertiary/aromatic N) is 2. The van der Waals surface area contributed by atoms with Crippen molar-refractivity contribution in [2.24, 2.45) is 4.99 Å². The number of aliphatic imine (C=N–C) groups is 1. The molecule has 0 aliphatic rings. The van der Waals surface area contributed by atoms with Gasteiger partial charge in [-0.3, -0.25) is 9.89 Å². The van der Waals surface area contributed by atoms with Gasteiger partial charge in [-0.05, 0) is 45.7 Å². The zero-order valence-electron chi connectivity index (χ0n) is 16.4. The second kappa shape index (κ2) is 13.7. The Kier molecular flexibility index (Phi) is 11.7. The van der Waals surface area contributed by atoms with Crippen LogP contribution in [0.25, 0.3) is 0 Å². The van der Waals surface area contributed by atoms with Gasteiger partial charge in [0.1, 0.15) is 0 Å². The summed E-state index contributed by atoms with van der Waals surface area (Å²) < 4.78 is 5.34. The maximum Gasteiger partial charge on any atom is 0.190 e. The molecule has 0 bridgehead atoms. The summed E-state index contributed by atoms with van der Waals surface area (Å²) >= 11 is 0. The molecule has 0 aromatic heterocycles. The molecule has 5 heteroatoms. The number of nitrogens with one attached hydrogen (secondary N) is 2. The van der Waals surface area contributed by atoms with Gasteiger partial charge < -0.3 is 15.4 Å². The highest BCUT2D eigenvalue weighted by molar-refractivity contribution is 5.79. The number of hydrogen-bond acceptors (Lipinski definition) is 3. The Morgan fingerprint density at radius 3 is 2.56 bits per heavy atom. The standard InChI is InChI=1S/C20H36N4O/c1-5-25-16-10-9-14-22-20(21-3)23-15-13-18(2)24(4)17-19-11-7-6-8-12-19/h6-8,11-12,18H,5,9-10,13-17H2,1-4H3,(H2,21,22,23). The summed E-state index contributed by atoms with van der Waals surface area (Å²) in [6.07, 6.45) is 3.25. The van der Waals surface area contributed by atoms with E-state index in [1.165, 1.54) is 5.56 Å². The van der Waals surface area contributed by atoms with Gasteiger partial charge in [0.2, 0.25) is 0 Å². The van der Waals surface area contributed by atoms with Crippen molar-refractivity contribution in [3.8, 4) is 0 Å². The van der Waals surface area contributed by atoms with Gasteiger partial charge in [-0.1, -0.05) is 30.3 Å². The van der Waals surface area contributed by atoms with E-state index in [1.807, 2.05) is 14.0 Å². The van der Waals surface area contributed by atoms with E-state index in [-0.39, 0.29) is 0 Å². The maximum atomic E-state index is 5.34. The first-order chi connectivity index (χ1) is 12.2. The normalized spacial score (nSPS) is 13.1. The number of hydrogen-bond donors (Lipinski definition) is 2. The molecule has 0 aliphatic heterocycles. The predicted octanol–water partition coefficient (Wildman–Crippen LogP) is 2.88. The van der Waals surface area contributed by atoms with Gasteiger partial charge >= 0.3 is 0 Å². The third-order valence-corrected chi connectivity index (χ3v) is 4.32. The molecule has 0 aliphatic carbocycles. The third kappa shape index (κ3) is 10.1. The van der Waals surface area contributed by atoms with Crippen molar-refractivity contribution in [1.82, 2.24) is 15.5 Å². The fraction of sp³-hybridized carbons (Fsp3) is 0.650. The summed E-state index contributed by atoms with van der Waals surface area (Å²) in [5.41, 5.74) is 1.36. The zero-order chi connectivity index (χ0) is 18.3. The van der Waals surface area contributed by atoms with E-state index in [2.05, 4.69) is 64.8 Å². The van der Waals surface area contributed by atoms with Crippen LogP contribution in [0.15, 0.2) is 35.3 Å². The third-order valence-electron chi connectivity index (χ3n) is 4.32. The fourth-order valence-electron chi connectivity index (χ4n) is 2.55. The van der Waals surface area contributed by atoms with E-state index < -0.39 is 0 Å². The lowest BCUT2D eigenvalue weighted by Gasteiger charge is -2.25. The molecule has 25 heavy (non-hydrogen) atoms. The topological polar surface area (TPSA) is 48.9 Å². The molecule has 1 rings (SSSR count). The van der Waals surface area contributed by atoms with Gasteiger partial charge in [-0.2, -0.15) is 0 Å². The van der Waals surface area contributed by atoms with Crippen molar-refractivity contribution < 1.29 is 4.74 Å². The highest BCUT2D eigenvalue weighted by Crippen LogP contribution is 2.07. The molecule has 1 unspecified atom stereocenters. The monoisotopic (exact) mass is 348 g/mol. The minimum atomic E-state index is 0.511.